The molecule has 39 heavy (non-hydrogen) atoms. The van der Waals surface area contributed by atoms with E-state index >= 15 is 0 Å². The van der Waals surface area contributed by atoms with Gasteiger partial charge in [-0.15, -0.1) is 0 Å². The molecule has 0 radical (unpaired) electrons. The van der Waals surface area contributed by atoms with Gasteiger partial charge in [-0.25, -0.2) is 4.98 Å². The fourth-order valence-corrected chi connectivity index (χ4v) is 3.91. The number of nitrogens with two attached hydrogens (primary N) is 1. The van der Waals surface area contributed by atoms with E-state index in [1.54, 1.807) is 25.1 Å². The summed E-state index contributed by atoms with van der Waals surface area (Å²) in [6.45, 7) is 1.49. The highest BCUT2D eigenvalue weighted by molar-refractivity contribution is 5.98. The Labute approximate surface area is 218 Å². The standard InChI is InChI=1S/C27H22F6N4O2/c1-15-10-19-11-18(6-9-22(19)36-24(15)34)25(39)37(14-21-8-7-20(12-35-21)26(28,29)30)13-16-2-4-17(5-3-16)23(38)27(31,32)33/h2-12,23,38H,13-14H2,1H3,(H2,34,36)/t23-/m1/s1. The molecule has 1 atom stereocenters. The Morgan fingerprint density at radius 3 is 2.26 bits per heavy atom. The van der Waals surface area contributed by atoms with Gasteiger partial charge < -0.3 is 15.7 Å². The first-order valence-corrected chi connectivity index (χ1v) is 11.5. The third kappa shape index (κ3) is 6.45. The first-order chi connectivity index (χ1) is 18.2. The average molecular weight is 548 g/mol. The van der Waals surface area contributed by atoms with Crippen molar-refractivity contribution < 1.29 is 36.2 Å². The zero-order valence-corrected chi connectivity index (χ0v) is 20.4. The molecule has 6 nitrogen and oxygen atoms in total. The van der Waals surface area contributed by atoms with Crippen LogP contribution in [0.4, 0.5) is 32.2 Å². The van der Waals surface area contributed by atoms with Gasteiger partial charge >= 0.3 is 12.4 Å². The highest BCUT2D eigenvalue weighted by atomic mass is 19.4. The number of carbonyl (C=O) groups excluding carboxylic acids is 1. The summed E-state index contributed by atoms with van der Waals surface area (Å²) in [6, 6.07) is 13.4. The van der Waals surface area contributed by atoms with Gasteiger partial charge in [-0.2, -0.15) is 26.3 Å². The van der Waals surface area contributed by atoms with Gasteiger partial charge in [0, 0.05) is 23.7 Å². The first-order valence-electron chi connectivity index (χ1n) is 11.5. The number of rotatable bonds is 6. The predicted octanol–water partition coefficient (Wildman–Crippen LogP) is 5.98. The monoisotopic (exact) mass is 548 g/mol. The van der Waals surface area contributed by atoms with E-state index in [1.807, 2.05) is 0 Å². The van der Waals surface area contributed by atoms with E-state index in [0.717, 1.165) is 24.3 Å². The van der Waals surface area contributed by atoms with Crippen molar-refractivity contribution >= 4 is 22.6 Å². The number of amides is 1. The summed E-state index contributed by atoms with van der Waals surface area (Å²) in [5, 5.41) is 10.1. The summed E-state index contributed by atoms with van der Waals surface area (Å²) in [5.74, 6) is -0.150. The van der Waals surface area contributed by atoms with E-state index in [4.69, 9.17) is 5.73 Å². The second-order valence-corrected chi connectivity index (χ2v) is 8.98. The van der Waals surface area contributed by atoms with Crippen LogP contribution in [0.5, 0.6) is 0 Å². The van der Waals surface area contributed by atoms with E-state index in [0.29, 0.717) is 34.0 Å². The number of aliphatic hydroxyl groups excluding tert-OH is 1. The molecule has 4 rings (SSSR count). The normalized spacial score (nSPS) is 12.9. The number of hydrogen-bond acceptors (Lipinski definition) is 5. The van der Waals surface area contributed by atoms with Crippen LogP contribution in [0.15, 0.2) is 66.9 Å². The van der Waals surface area contributed by atoms with Crippen LogP contribution in [0.3, 0.4) is 0 Å². The quantitative estimate of drug-likeness (QED) is 0.290. The number of aromatic nitrogens is 2. The van der Waals surface area contributed by atoms with Crippen molar-refractivity contribution in [2.75, 3.05) is 5.73 Å². The van der Waals surface area contributed by atoms with E-state index in [9.17, 15) is 36.2 Å². The van der Waals surface area contributed by atoms with Crippen LogP contribution in [0.2, 0.25) is 0 Å². The van der Waals surface area contributed by atoms with E-state index in [-0.39, 0.29) is 29.9 Å². The number of pyridine rings is 2. The number of halogens is 6. The first kappa shape index (κ1) is 27.8. The maximum Gasteiger partial charge on any atom is 0.418 e. The molecular formula is C27H22F6N4O2. The Morgan fingerprint density at radius 2 is 1.67 bits per heavy atom. The molecule has 1 amide bonds. The van der Waals surface area contributed by atoms with Crippen LogP contribution in [0.25, 0.3) is 10.9 Å². The van der Waals surface area contributed by atoms with Crippen molar-refractivity contribution in [2.24, 2.45) is 0 Å². The number of nitrogen functional groups attached to an aromatic ring is 1. The lowest BCUT2D eigenvalue weighted by Gasteiger charge is -2.23. The highest BCUT2D eigenvalue weighted by Gasteiger charge is 2.39. The molecule has 12 heteroatoms. The lowest BCUT2D eigenvalue weighted by atomic mass is 10.1. The molecule has 0 bridgehead atoms. The van der Waals surface area contributed by atoms with Crippen LogP contribution in [0.1, 0.15) is 44.4 Å². The molecular weight excluding hydrogens is 526 g/mol. The van der Waals surface area contributed by atoms with Crippen molar-refractivity contribution in [2.45, 2.75) is 38.5 Å². The average Bonchev–Trinajstić information content (AvgIpc) is 2.87. The third-order valence-electron chi connectivity index (χ3n) is 6.06. The Hall–Kier alpha value is -4.19. The van der Waals surface area contributed by atoms with Crippen LogP contribution < -0.4 is 5.73 Å². The van der Waals surface area contributed by atoms with Gasteiger partial charge in [-0.1, -0.05) is 24.3 Å². The van der Waals surface area contributed by atoms with Crippen molar-refractivity contribution in [1.82, 2.24) is 14.9 Å². The lowest BCUT2D eigenvalue weighted by Crippen LogP contribution is -2.30. The number of benzene rings is 2. The zero-order chi connectivity index (χ0) is 28.5. The number of aliphatic hydroxyl groups is 1. The van der Waals surface area contributed by atoms with Gasteiger partial charge in [0.05, 0.1) is 23.3 Å². The van der Waals surface area contributed by atoms with Crippen LogP contribution in [-0.2, 0) is 19.3 Å². The lowest BCUT2D eigenvalue weighted by molar-refractivity contribution is -0.206. The van der Waals surface area contributed by atoms with Crippen molar-refractivity contribution in [3.8, 4) is 0 Å². The molecule has 0 aliphatic carbocycles. The van der Waals surface area contributed by atoms with Crippen LogP contribution >= 0.6 is 0 Å². The molecule has 3 N–H and O–H groups in total. The largest absolute Gasteiger partial charge is 0.418 e. The molecule has 4 aromatic rings. The van der Waals surface area contributed by atoms with E-state index < -0.39 is 29.9 Å². The van der Waals surface area contributed by atoms with Gasteiger partial charge in [0.25, 0.3) is 5.91 Å². The molecule has 2 heterocycles. The number of nitrogens with zero attached hydrogens (tertiary/aromatic N) is 3. The predicted molar refractivity (Wildman–Crippen MR) is 131 cm³/mol. The highest BCUT2D eigenvalue weighted by Crippen LogP contribution is 2.33. The number of anilines is 1. The van der Waals surface area contributed by atoms with E-state index in [1.165, 1.54) is 23.1 Å². The molecule has 0 spiro atoms. The second kappa shape index (κ2) is 10.5. The van der Waals surface area contributed by atoms with Gasteiger partial charge in [0.1, 0.15) is 5.82 Å². The molecule has 0 aliphatic heterocycles. The SMILES string of the molecule is Cc1cc2cc(C(=O)N(Cc3ccc([C@@H](O)C(F)(F)F)cc3)Cc3ccc(C(F)(F)F)cn3)ccc2nc1N. The summed E-state index contributed by atoms with van der Waals surface area (Å²) in [5.41, 5.74) is 6.66. The fourth-order valence-electron chi connectivity index (χ4n) is 3.91. The minimum Gasteiger partial charge on any atom is -0.383 e. The number of alkyl halides is 6. The summed E-state index contributed by atoms with van der Waals surface area (Å²) >= 11 is 0. The minimum absolute atomic E-state index is 0.0962. The zero-order valence-electron chi connectivity index (χ0n) is 20.4. The Kier molecular flexibility index (Phi) is 7.51. The maximum atomic E-state index is 13.6. The number of hydrogen-bond donors (Lipinski definition) is 2. The second-order valence-electron chi connectivity index (χ2n) is 8.98. The smallest absolute Gasteiger partial charge is 0.383 e. The molecule has 204 valence electrons. The van der Waals surface area contributed by atoms with Crippen LogP contribution in [-0.4, -0.2) is 32.1 Å². The van der Waals surface area contributed by atoms with Crippen molar-refractivity contribution in [3.05, 3.63) is 100 Å². The molecule has 2 aromatic carbocycles. The number of carbonyl (C=O) groups is 1. The van der Waals surface area contributed by atoms with Gasteiger partial charge in [-0.3, -0.25) is 9.78 Å². The van der Waals surface area contributed by atoms with Gasteiger partial charge in [0.2, 0.25) is 0 Å². The third-order valence-corrected chi connectivity index (χ3v) is 6.06. The van der Waals surface area contributed by atoms with Crippen molar-refractivity contribution in [3.63, 3.8) is 0 Å². The molecule has 0 fully saturated rings. The summed E-state index contributed by atoms with van der Waals surface area (Å²) < 4.78 is 77.4. The molecule has 0 saturated heterocycles. The van der Waals surface area contributed by atoms with E-state index in [2.05, 4.69) is 9.97 Å². The van der Waals surface area contributed by atoms with Crippen molar-refractivity contribution in [1.29, 1.82) is 0 Å². The number of fused-ring (bicyclic) bond motifs is 1. The molecule has 0 unspecified atom stereocenters. The Bertz CT molecular complexity index is 1490. The Morgan fingerprint density at radius 1 is 0.974 bits per heavy atom. The van der Waals surface area contributed by atoms with Gasteiger partial charge in [-0.05, 0) is 60.0 Å². The fraction of sp³-hybridized carbons (Fsp3) is 0.222. The maximum absolute atomic E-state index is 13.6. The number of aryl methyl sites for hydroxylation is 1. The van der Waals surface area contributed by atoms with Crippen LogP contribution in [0, 0.1) is 6.92 Å². The molecule has 0 aliphatic rings. The van der Waals surface area contributed by atoms with Gasteiger partial charge in [0.15, 0.2) is 6.10 Å². The minimum atomic E-state index is -4.84. The molecule has 0 saturated carbocycles. The summed E-state index contributed by atoms with van der Waals surface area (Å²) in [6.07, 6.45) is -11.4. The topological polar surface area (TPSA) is 92.3 Å². The molecule has 2 aromatic heterocycles. The Balaban J connectivity index is 1.65. The summed E-state index contributed by atoms with van der Waals surface area (Å²) in [7, 11) is 0. The summed E-state index contributed by atoms with van der Waals surface area (Å²) in [4.78, 5) is 23.0.